The smallest absolute Gasteiger partial charge is 0.142 e. The van der Waals surface area contributed by atoms with Gasteiger partial charge in [0.1, 0.15) is 12.6 Å². The number of unbranched alkanes of at least 4 members (excludes halogenated alkanes) is 2. The van der Waals surface area contributed by atoms with Gasteiger partial charge < -0.3 is 4.79 Å². The number of carbonyl (C=O) groups is 2. The van der Waals surface area contributed by atoms with E-state index in [-0.39, 0.29) is 0 Å². The van der Waals surface area contributed by atoms with E-state index in [0.29, 0.717) is 6.29 Å². The molecule has 0 fully saturated rings. The Hall–Kier alpha value is -0.920. The Labute approximate surface area is 61.9 Å². The zero-order valence-electron chi connectivity index (χ0n) is 6.38. The van der Waals surface area contributed by atoms with Gasteiger partial charge in [-0.2, -0.15) is 0 Å². The number of hydrogen-bond acceptors (Lipinski definition) is 2. The van der Waals surface area contributed by atoms with Crippen LogP contribution in [0.25, 0.3) is 0 Å². The molecular formula is C8H14O2. The van der Waals surface area contributed by atoms with E-state index in [9.17, 15) is 4.79 Å². The molecule has 0 saturated heterocycles. The van der Waals surface area contributed by atoms with E-state index < -0.39 is 0 Å². The second-order valence-corrected chi connectivity index (χ2v) is 1.68. The lowest BCUT2D eigenvalue weighted by Gasteiger charge is -1.79. The molecule has 0 bridgehead atoms. The molecule has 0 rings (SSSR count). The minimum atomic E-state index is 0.639. The predicted molar refractivity (Wildman–Crippen MR) is 41.9 cm³/mol. The highest BCUT2D eigenvalue weighted by molar-refractivity contribution is 5.63. The van der Waals surface area contributed by atoms with Gasteiger partial charge in [0, 0.05) is 6.42 Å². The first-order valence-corrected chi connectivity index (χ1v) is 3.33. The minimum absolute atomic E-state index is 0.639. The first-order valence-electron chi connectivity index (χ1n) is 3.33. The fraction of sp³-hybridized carbons (Fsp3) is 0.500. The third-order valence-electron chi connectivity index (χ3n) is 0.772. The van der Waals surface area contributed by atoms with Crippen molar-refractivity contribution in [3.8, 4) is 0 Å². The van der Waals surface area contributed by atoms with Crippen LogP contribution in [-0.2, 0) is 9.59 Å². The molecule has 10 heavy (non-hydrogen) atoms. The van der Waals surface area contributed by atoms with Gasteiger partial charge in [0.2, 0.25) is 0 Å². The number of aldehydes is 2. The third-order valence-corrected chi connectivity index (χ3v) is 0.772. The first-order chi connectivity index (χ1) is 4.83. The van der Waals surface area contributed by atoms with Crippen molar-refractivity contribution < 1.29 is 9.59 Å². The molecule has 0 atom stereocenters. The zero-order chi connectivity index (χ0) is 8.24. The molecule has 0 aliphatic carbocycles. The Morgan fingerprint density at radius 2 is 1.90 bits per heavy atom. The standard InChI is InChI=1S/C5H10O.C3H4O/c1-2-3-4-5-6;1-2-3-4/h5H,2-4H2,1H3;2-3H,1H2. The molecule has 0 aliphatic heterocycles. The van der Waals surface area contributed by atoms with Crippen molar-refractivity contribution in [1.82, 2.24) is 0 Å². The molecule has 0 aromatic heterocycles. The van der Waals surface area contributed by atoms with Crippen LogP contribution < -0.4 is 0 Å². The topological polar surface area (TPSA) is 34.1 Å². The minimum Gasteiger partial charge on any atom is -0.303 e. The Morgan fingerprint density at radius 3 is 2.00 bits per heavy atom. The maximum Gasteiger partial charge on any atom is 0.142 e. The van der Waals surface area contributed by atoms with Crippen LogP contribution in [0, 0.1) is 0 Å². The summed E-state index contributed by atoms with van der Waals surface area (Å²) >= 11 is 0. The first kappa shape index (κ1) is 11.8. The van der Waals surface area contributed by atoms with Gasteiger partial charge in [-0.1, -0.05) is 19.9 Å². The Morgan fingerprint density at radius 1 is 1.40 bits per heavy atom. The van der Waals surface area contributed by atoms with Crippen LogP contribution >= 0.6 is 0 Å². The maximum atomic E-state index is 9.56. The van der Waals surface area contributed by atoms with E-state index in [0.717, 1.165) is 25.5 Å². The summed E-state index contributed by atoms with van der Waals surface area (Å²) in [6.45, 7) is 5.18. The fourth-order valence-electron chi connectivity index (χ4n) is 0.287. The van der Waals surface area contributed by atoms with Gasteiger partial charge in [-0.05, 0) is 12.5 Å². The molecule has 0 aliphatic rings. The van der Waals surface area contributed by atoms with Crippen molar-refractivity contribution >= 4 is 12.6 Å². The lowest BCUT2D eigenvalue weighted by Crippen LogP contribution is -1.70. The largest absolute Gasteiger partial charge is 0.303 e. The summed E-state index contributed by atoms with van der Waals surface area (Å²) in [7, 11) is 0. The Kier molecular flexibility index (Phi) is 18.6. The number of rotatable bonds is 4. The van der Waals surface area contributed by atoms with Crippen LogP contribution in [0.1, 0.15) is 26.2 Å². The lowest BCUT2D eigenvalue weighted by atomic mass is 10.3. The van der Waals surface area contributed by atoms with Crippen molar-refractivity contribution in [3.05, 3.63) is 12.7 Å². The van der Waals surface area contributed by atoms with Crippen LogP contribution in [0.2, 0.25) is 0 Å². The lowest BCUT2D eigenvalue weighted by molar-refractivity contribution is -0.108. The average Bonchev–Trinajstić information content (AvgIpc) is 2.01. The van der Waals surface area contributed by atoms with Gasteiger partial charge in [0.25, 0.3) is 0 Å². The summed E-state index contributed by atoms with van der Waals surface area (Å²) in [5, 5.41) is 0. The molecule has 0 amide bonds. The normalized spacial score (nSPS) is 6.90. The van der Waals surface area contributed by atoms with Crippen molar-refractivity contribution in [2.75, 3.05) is 0 Å². The summed E-state index contributed by atoms with van der Waals surface area (Å²) in [4.78, 5) is 18.6. The van der Waals surface area contributed by atoms with Gasteiger partial charge >= 0.3 is 0 Å². The molecule has 0 aromatic rings. The fourth-order valence-corrected chi connectivity index (χ4v) is 0.287. The molecule has 2 heteroatoms. The highest BCUT2D eigenvalue weighted by Crippen LogP contribution is 1.87. The van der Waals surface area contributed by atoms with Crippen LogP contribution in [0.3, 0.4) is 0 Å². The summed E-state index contributed by atoms with van der Waals surface area (Å²) in [5.41, 5.74) is 0. The SMILES string of the molecule is C=CC=O.CCCCC=O. The van der Waals surface area contributed by atoms with Crippen molar-refractivity contribution in [1.29, 1.82) is 0 Å². The predicted octanol–water partition coefficient (Wildman–Crippen LogP) is 1.75. The highest BCUT2D eigenvalue weighted by atomic mass is 16.1. The summed E-state index contributed by atoms with van der Waals surface area (Å²) in [6.07, 6.45) is 5.70. The van der Waals surface area contributed by atoms with Crippen molar-refractivity contribution in [2.24, 2.45) is 0 Å². The number of allylic oxidation sites excluding steroid dienone is 1. The molecule has 0 N–H and O–H groups in total. The summed E-state index contributed by atoms with van der Waals surface area (Å²) in [5.74, 6) is 0. The average molecular weight is 142 g/mol. The van der Waals surface area contributed by atoms with Crippen molar-refractivity contribution in [3.63, 3.8) is 0 Å². The van der Waals surface area contributed by atoms with Gasteiger partial charge in [0.05, 0.1) is 0 Å². The van der Waals surface area contributed by atoms with Gasteiger partial charge in [-0.25, -0.2) is 0 Å². The van der Waals surface area contributed by atoms with Crippen LogP contribution in [0.5, 0.6) is 0 Å². The number of carbonyl (C=O) groups excluding carboxylic acids is 2. The molecule has 58 valence electrons. The van der Waals surface area contributed by atoms with E-state index in [4.69, 9.17) is 4.79 Å². The monoisotopic (exact) mass is 142 g/mol. The van der Waals surface area contributed by atoms with E-state index in [1.165, 1.54) is 6.08 Å². The molecule has 2 nitrogen and oxygen atoms in total. The molecule has 0 radical (unpaired) electrons. The third kappa shape index (κ3) is 27.6. The summed E-state index contributed by atoms with van der Waals surface area (Å²) in [6, 6.07) is 0. The second-order valence-electron chi connectivity index (χ2n) is 1.68. The van der Waals surface area contributed by atoms with Crippen LogP contribution in [-0.4, -0.2) is 12.6 Å². The molecule has 0 heterocycles. The van der Waals surface area contributed by atoms with E-state index in [1.54, 1.807) is 0 Å². The molecule has 0 spiro atoms. The Balaban J connectivity index is 0. The van der Waals surface area contributed by atoms with Crippen LogP contribution in [0.15, 0.2) is 12.7 Å². The molecule has 0 saturated carbocycles. The van der Waals surface area contributed by atoms with Gasteiger partial charge in [-0.3, -0.25) is 4.79 Å². The van der Waals surface area contributed by atoms with Gasteiger partial charge in [-0.15, -0.1) is 0 Å². The quantitative estimate of drug-likeness (QED) is 0.340. The van der Waals surface area contributed by atoms with E-state index >= 15 is 0 Å². The van der Waals surface area contributed by atoms with E-state index in [1.807, 2.05) is 0 Å². The molecule has 0 unspecified atom stereocenters. The molecule has 0 aromatic carbocycles. The zero-order valence-corrected chi connectivity index (χ0v) is 6.38. The number of hydrogen-bond donors (Lipinski definition) is 0. The second kappa shape index (κ2) is 15.7. The van der Waals surface area contributed by atoms with Crippen molar-refractivity contribution in [2.45, 2.75) is 26.2 Å². The Bertz CT molecular complexity index is 81.3. The van der Waals surface area contributed by atoms with E-state index in [2.05, 4.69) is 13.5 Å². The maximum absolute atomic E-state index is 9.56. The molecular weight excluding hydrogens is 128 g/mol. The summed E-state index contributed by atoms with van der Waals surface area (Å²) < 4.78 is 0. The van der Waals surface area contributed by atoms with Gasteiger partial charge in [0.15, 0.2) is 0 Å². The highest BCUT2D eigenvalue weighted by Gasteiger charge is 1.74. The van der Waals surface area contributed by atoms with Crippen LogP contribution in [0.4, 0.5) is 0 Å².